The molecule has 126 valence electrons. The Hall–Kier alpha value is -1.77. The first-order chi connectivity index (χ1) is 11.0. The molecule has 0 unspecified atom stereocenters. The van der Waals surface area contributed by atoms with Crippen LogP contribution in [0, 0.1) is 0 Å². The summed E-state index contributed by atoms with van der Waals surface area (Å²) in [5.41, 5.74) is 0. The van der Waals surface area contributed by atoms with Gasteiger partial charge >= 0.3 is 0 Å². The van der Waals surface area contributed by atoms with Crippen LogP contribution in [0.15, 0.2) is 35.5 Å². The third-order valence-corrected chi connectivity index (χ3v) is 4.78. The van der Waals surface area contributed by atoms with Gasteiger partial charge in [0.25, 0.3) is 0 Å². The molecule has 2 aromatic rings. The maximum absolute atomic E-state index is 12.3. The lowest BCUT2D eigenvalue weighted by Crippen LogP contribution is -2.25. The van der Waals surface area contributed by atoms with Gasteiger partial charge in [0.1, 0.15) is 0 Å². The Morgan fingerprint density at radius 1 is 1.26 bits per heavy atom. The van der Waals surface area contributed by atoms with Gasteiger partial charge in [0.15, 0.2) is 11.5 Å². The van der Waals surface area contributed by atoms with Gasteiger partial charge in [-0.2, -0.15) is 5.10 Å². The molecule has 0 saturated carbocycles. The average molecular weight is 360 g/mol. The van der Waals surface area contributed by atoms with Gasteiger partial charge in [0.05, 0.1) is 30.3 Å². The van der Waals surface area contributed by atoms with E-state index in [-0.39, 0.29) is 11.4 Å². The molecule has 0 spiro atoms. The van der Waals surface area contributed by atoms with E-state index in [0.29, 0.717) is 29.5 Å². The number of ether oxygens (including phenoxy) is 2. The number of sulfonamides is 1. The van der Waals surface area contributed by atoms with Gasteiger partial charge in [-0.25, -0.2) is 13.1 Å². The minimum absolute atomic E-state index is 0.122. The molecule has 1 heterocycles. The highest BCUT2D eigenvalue weighted by molar-refractivity contribution is 7.89. The van der Waals surface area contributed by atoms with Crippen LogP contribution in [-0.2, 0) is 16.6 Å². The van der Waals surface area contributed by atoms with Crippen LogP contribution in [0.2, 0.25) is 5.02 Å². The first-order valence-corrected chi connectivity index (χ1v) is 8.72. The third kappa shape index (κ3) is 4.60. The number of halogens is 1. The largest absolute Gasteiger partial charge is 0.493 e. The van der Waals surface area contributed by atoms with E-state index in [1.165, 1.54) is 32.5 Å². The number of aromatic nitrogens is 2. The summed E-state index contributed by atoms with van der Waals surface area (Å²) in [4.78, 5) is 0.122. The molecule has 1 N–H and O–H groups in total. The van der Waals surface area contributed by atoms with Crippen LogP contribution >= 0.6 is 11.6 Å². The Bertz CT molecular complexity index is 761. The molecule has 0 amide bonds. The van der Waals surface area contributed by atoms with Crippen molar-refractivity contribution in [2.24, 2.45) is 0 Å². The number of rotatable bonds is 8. The number of nitrogens with one attached hydrogen (secondary N) is 1. The first-order valence-electron chi connectivity index (χ1n) is 6.86. The standard InChI is InChI=1S/C14H18ClN3O4S/c1-21-13-5-4-12(8-14(13)22-2)23(19,20)17-6-3-7-18-10-11(15)9-16-18/h4-5,8-10,17H,3,6-7H2,1-2H3. The van der Waals surface area contributed by atoms with Gasteiger partial charge in [-0.1, -0.05) is 11.6 Å². The summed E-state index contributed by atoms with van der Waals surface area (Å²) < 4.78 is 38.9. The number of benzene rings is 1. The summed E-state index contributed by atoms with van der Waals surface area (Å²) in [6, 6.07) is 4.45. The molecule has 9 heteroatoms. The van der Waals surface area contributed by atoms with E-state index in [2.05, 4.69) is 9.82 Å². The van der Waals surface area contributed by atoms with Crippen LogP contribution in [0.1, 0.15) is 6.42 Å². The molecule has 0 aliphatic carbocycles. The topological polar surface area (TPSA) is 82.5 Å². The Morgan fingerprint density at radius 2 is 2.00 bits per heavy atom. The van der Waals surface area contributed by atoms with Crippen LogP contribution in [0.3, 0.4) is 0 Å². The molecule has 7 nitrogen and oxygen atoms in total. The van der Waals surface area contributed by atoms with Crippen molar-refractivity contribution in [3.63, 3.8) is 0 Å². The second-order valence-electron chi connectivity index (χ2n) is 4.69. The van der Waals surface area contributed by atoms with Crippen molar-refractivity contribution in [1.29, 1.82) is 0 Å². The molecule has 0 radical (unpaired) electrons. The molecular weight excluding hydrogens is 342 g/mol. The Labute approximate surface area is 140 Å². The zero-order valence-electron chi connectivity index (χ0n) is 12.8. The lowest BCUT2D eigenvalue weighted by molar-refractivity contribution is 0.354. The maximum Gasteiger partial charge on any atom is 0.240 e. The van der Waals surface area contributed by atoms with Crippen LogP contribution in [0.5, 0.6) is 11.5 Å². The zero-order valence-corrected chi connectivity index (χ0v) is 14.4. The molecule has 0 saturated heterocycles. The smallest absolute Gasteiger partial charge is 0.240 e. The third-order valence-electron chi connectivity index (χ3n) is 3.12. The van der Waals surface area contributed by atoms with Crippen molar-refractivity contribution >= 4 is 21.6 Å². The van der Waals surface area contributed by atoms with Gasteiger partial charge < -0.3 is 9.47 Å². The van der Waals surface area contributed by atoms with Crippen molar-refractivity contribution in [1.82, 2.24) is 14.5 Å². The molecule has 0 atom stereocenters. The predicted molar refractivity (Wildman–Crippen MR) is 86.6 cm³/mol. The fourth-order valence-corrected chi connectivity index (χ4v) is 3.22. The van der Waals surface area contributed by atoms with Gasteiger partial charge in [-0.3, -0.25) is 4.68 Å². The molecule has 1 aromatic carbocycles. The number of hydrogen-bond acceptors (Lipinski definition) is 5. The van der Waals surface area contributed by atoms with Crippen LogP contribution in [0.25, 0.3) is 0 Å². The van der Waals surface area contributed by atoms with Gasteiger partial charge in [-0.15, -0.1) is 0 Å². The SMILES string of the molecule is COc1ccc(S(=O)(=O)NCCCn2cc(Cl)cn2)cc1OC. The van der Waals surface area contributed by atoms with Crippen LogP contribution in [0.4, 0.5) is 0 Å². The second kappa shape index (κ2) is 7.67. The van der Waals surface area contributed by atoms with E-state index >= 15 is 0 Å². The Kier molecular flexibility index (Phi) is 5.86. The van der Waals surface area contributed by atoms with Crippen molar-refractivity contribution in [3.05, 3.63) is 35.6 Å². The fourth-order valence-electron chi connectivity index (χ4n) is 1.98. The number of hydrogen-bond donors (Lipinski definition) is 1. The van der Waals surface area contributed by atoms with E-state index in [4.69, 9.17) is 21.1 Å². The molecule has 0 fully saturated rings. The number of nitrogens with zero attached hydrogens (tertiary/aromatic N) is 2. The zero-order chi connectivity index (χ0) is 16.9. The minimum Gasteiger partial charge on any atom is -0.493 e. The molecule has 0 bridgehead atoms. The van der Waals surface area contributed by atoms with Gasteiger partial charge in [0, 0.05) is 25.4 Å². The van der Waals surface area contributed by atoms with Gasteiger partial charge in [-0.05, 0) is 18.6 Å². The highest BCUT2D eigenvalue weighted by Crippen LogP contribution is 2.29. The highest BCUT2D eigenvalue weighted by Gasteiger charge is 2.16. The van der Waals surface area contributed by atoms with Crippen LogP contribution in [-0.4, -0.2) is 39.0 Å². The van der Waals surface area contributed by atoms with E-state index < -0.39 is 10.0 Å². The Balaban J connectivity index is 1.96. The van der Waals surface area contributed by atoms with Crippen molar-refractivity contribution in [2.75, 3.05) is 20.8 Å². The molecule has 23 heavy (non-hydrogen) atoms. The molecule has 0 aliphatic heterocycles. The maximum atomic E-state index is 12.3. The molecule has 1 aromatic heterocycles. The van der Waals surface area contributed by atoms with E-state index in [9.17, 15) is 8.42 Å². The summed E-state index contributed by atoms with van der Waals surface area (Å²) in [5, 5.41) is 4.58. The van der Waals surface area contributed by atoms with E-state index in [1.54, 1.807) is 16.9 Å². The normalized spacial score (nSPS) is 11.4. The summed E-state index contributed by atoms with van der Waals surface area (Å²) in [7, 11) is -0.661. The first kappa shape index (κ1) is 17.6. The van der Waals surface area contributed by atoms with Crippen molar-refractivity contribution in [3.8, 4) is 11.5 Å². The van der Waals surface area contributed by atoms with Crippen molar-refractivity contribution < 1.29 is 17.9 Å². The summed E-state index contributed by atoms with van der Waals surface area (Å²) in [6.45, 7) is 0.856. The minimum atomic E-state index is -3.61. The quantitative estimate of drug-likeness (QED) is 0.728. The molecule has 0 aliphatic rings. The monoisotopic (exact) mass is 359 g/mol. The summed E-state index contributed by atoms with van der Waals surface area (Å²) in [6.07, 6.45) is 3.81. The predicted octanol–water partition coefficient (Wildman–Crippen LogP) is 1.92. The summed E-state index contributed by atoms with van der Waals surface area (Å²) >= 11 is 5.76. The highest BCUT2D eigenvalue weighted by atomic mass is 35.5. The Morgan fingerprint density at radius 3 is 2.61 bits per heavy atom. The van der Waals surface area contributed by atoms with Crippen LogP contribution < -0.4 is 14.2 Å². The van der Waals surface area contributed by atoms with E-state index in [1.807, 2.05) is 0 Å². The summed E-state index contributed by atoms with van der Waals surface area (Å²) in [5.74, 6) is 0.837. The fraction of sp³-hybridized carbons (Fsp3) is 0.357. The van der Waals surface area contributed by atoms with E-state index in [0.717, 1.165) is 0 Å². The molecular formula is C14H18ClN3O4S. The lowest BCUT2D eigenvalue weighted by Gasteiger charge is -2.11. The van der Waals surface area contributed by atoms with Crippen molar-refractivity contribution in [2.45, 2.75) is 17.9 Å². The number of methoxy groups -OCH3 is 2. The lowest BCUT2D eigenvalue weighted by atomic mass is 10.3. The second-order valence-corrected chi connectivity index (χ2v) is 6.89. The van der Waals surface area contributed by atoms with Gasteiger partial charge in [0.2, 0.25) is 10.0 Å². The average Bonchev–Trinajstić information content (AvgIpc) is 2.96. The molecule has 2 rings (SSSR count). The number of aryl methyl sites for hydroxylation is 1.